The van der Waals surface area contributed by atoms with Crippen LogP contribution in [-0.4, -0.2) is 29.1 Å². The average molecular weight is 226 g/mol. The first kappa shape index (κ1) is 13.5. The van der Waals surface area contributed by atoms with E-state index >= 15 is 0 Å². The van der Waals surface area contributed by atoms with Gasteiger partial charge in [0.2, 0.25) is 5.91 Å². The van der Waals surface area contributed by atoms with Crippen LogP contribution in [0.3, 0.4) is 0 Å². The molecule has 3 nitrogen and oxygen atoms in total. The third-order valence-corrected chi connectivity index (χ3v) is 3.42. The fourth-order valence-corrected chi connectivity index (χ4v) is 2.48. The summed E-state index contributed by atoms with van der Waals surface area (Å²) in [5, 5.41) is 3.39. The molecule has 1 fully saturated rings. The van der Waals surface area contributed by atoms with E-state index in [0.717, 1.165) is 19.3 Å². The molecular weight excluding hydrogens is 200 g/mol. The summed E-state index contributed by atoms with van der Waals surface area (Å²) in [7, 11) is 0. The molecule has 1 aliphatic heterocycles. The van der Waals surface area contributed by atoms with Crippen molar-refractivity contribution in [2.45, 2.75) is 78.0 Å². The minimum atomic E-state index is 0.000580. The Morgan fingerprint density at radius 1 is 1.38 bits per heavy atom. The van der Waals surface area contributed by atoms with E-state index in [2.05, 4.69) is 31.0 Å². The van der Waals surface area contributed by atoms with E-state index < -0.39 is 0 Å². The van der Waals surface area contributed by atoms with Crippen LogP contribution in [0.25, 0.3) is 0 Å². The molecule has 0 aromatic rings. The summed E-state index contributed by atoms with van der Waals surface area (Å²) >= 11 is 0. The molecule has 0 aromatic heterocycles. The SMILES string of the molecule is CCCCC(C)N1C(=O)C(C)NC1CCC. The minimum absolute atomic E-state index is 0.000580. The lowest BCUT2D eigenvalue weighted by molar-refractivity contribution is -0.131. The fourth-order valence-electron chi connectivity index (χ4n) is 2.48. The molecule has 0 saturated carbocycles. The smallest absolute Gasteiger partial charge is 0.240 e. The highest BCUT2D eigenvalue weighted by Crippen LogP contribution is 2.20. The second-order valence-corrected chi connectivity index (χ2v) is 4.93. The number of nitrogens with one attached hydrogen (secondary N) is 1. The Hall–Kier alpha value is -0.570. The van der Waals surface area contributed by atoms with Crippen molar-refractivity contribution < 1.29 is 4.79 Å². The molecule has 0 aromatic carbocycles. The first-order valence-electron chi connectivity index (χ1n) is 6.70. The van der Waals surface area contributed by atoms with Gasteiger partial charge < -0.3 is 4.90 Å². The molecule has 0 spiro atoms. The van der Waals surface area contributed by atoms with Gasteiger partial charge in [-0.2, -0.15) is 0 Å². The van der Waals surface area contributed by atoms with Gasteiger partial charge in [-0.25, -0.2) is 0 Å². The Labute approximate surface area is 99.6 Å². The van der Waals surface area contributed by atoms with Crippen LogP contribution in [0.2, 0.25) is 0 Å². The van der Waals surface area contributed by atoms with Gasteiger partial charge in [0.05, 0.1) is 12.2 Å². The first-order chi connectivity index (χ1) is 7.61. The summed E-state index contributed by atoms with van der Waals surface area (Å²) in [4.78, 5) is 14.1. The minimum Gasteiger partial charge on any atom is -0.323 e. The topological polar surface area (TPSA) is 32.3 Å². The van der Waals surface area contributed by atoms with E-state index in [9.17, 15) is 4.79 Å². The molecule has 1 saturated heterocycles. The predicted molar refractivity (Wildman–Crippen MR) is 67.1 cm³/mol. The molecule has 0 radical (unpaired) electrons. The molecule has 1 amide bonds. The van der Waals surface area contributed by atoms with E-state index in [0.29, 0.717) is 6.04 Å². The van der Waals surface area contributed by atoms with Crippen molar-refractivity contribution in [1.82, 2.24) is 10.2 Å². The van der Waals surface area contributed by atoms with Crippen molar-refractivity contribution in [1.29, 1.82) is 0 Å². The van der Waals surface area contributed by atoms with Crippen LogP contribution in [0.4, 0.5) is 0 Å². The van der Waals surface area contributed by atoms with Crippen LogP contribution in [-0.2, 0) is 4.79 Å². The molecule has 3 unspecified atom stereocenters. The first-order valence-corrected chi connectivity index (χ1v) is 6.70. The van der Waals surface area contributed by atoms with Crippen molar-refractivity contribution in [2.75, 3.05) is 0 Å². The van der Waals surface area contributed by atoms with Crippen molar-refractivity contribution in [3.63, 3.8) is 0 Å². The molecule has 1 heterocycles. The lowest BCUT2D eigenvalue weighted by Crippen LogP contribution is -2.43. The largest absolute Gasteiger partial charge is 0.323 e. The van der Waals surface area contributed by atoms with Crippen molar-refractivity contribution >= 4 is 5.91 Å². The molecule has 1 rings (SSSR count). The van der Waals surface area contributed by atoms with Crippen molar-refractivity contribution in [3.8, 4) is 0 Å². The van der Waals surface area contributed by atoms with Crippen molar-refractivity contribution in [3.05, 3.63) is 0 Å². The Morgan fingerprint density at radius 3 is 2.62 bits per heavy atom. The van der Waals surface area contributed by atoms with Crippen LogP contribution in [0.1, 0.15) is 59.8 Å². The lowest BCUT2D eigenvalue weighted by atomic mass is 10.1. The number of nitrogens with zero attached hydrogens (tertiary/aromatic N) is 1. The molecule has 16 heavy (non-hydrogen) atoms. The molecule has 94 valence electrons. The number of rotatable bonds is 6. The number of carbonyl (C=O) groups is 1. The van der Waals surface area contributed by atoms with Gasteiger partial charge in [0.25, 0.3) is 0 Å². The summed E-state index contributed by atoms with van der Waals surface area (Å²) < 4.78 is 0. The van der Waals surface area contributed by atoms with Gasteiger partial charge in [0.15, 0.2) is 0 Å². The molecule has 0 aliphatic carbocycles. The van der Waals surface area contributed by atoms with Gasteiger partial charge in [-0.3, -0.25) is 10.1 Å². The monoisotopic (exact) mass is 226 g/mol. The Bertz CT molecular complexity index is 230. The highest BCUT2D eigenvalue weighted by molar-refractivity contribution is 5.84. The number of amides is 1. The van der Waals surface area contributed by atoms with Crippen molar-refractivity contribution in [2.24, 2.45) is 0 Å². The van der Waals surface area contributed by atoms with Gasteiger partial charge in [0, 0.05) is 6.04 Å². The number of hydrogen-bond acceptors (Lipinski definition) is 2. The highest BCUT2D eigenvalue weighted by atomic mass is 16.2. The predicted octanol–water partition coefficient (Wildman–Crippen LogP) is 2.51. The van der Waals surface area contributed by atoms with E-state index in [4.69, 9.17) is 0 Å². The van der Waals surface area contributed by atoms with Gasteiger partial charge >= 0.3 is 0 Å². The maximum Gasteiger partial charge on any atom is 0.240 e. The van der Waals surface area contributed by atoms with E-state index in [1.807, 2.05) is 6.92 Å². The normalized spacial score (nSPS) is 27.5. The molecular formula is C13H26N2O. The summed E-state index contributed by atoms with van der Waals surface area (Å²) in [6, 6.07) is 0.377. The Morgan fingerprint density at radius 2 is 2.06 bits per heavy atom. The summed E-state index contributed by atoms with van der Waals surface area (Å²) in [5.41, 5.74) is 0. The molecule has 3 heteroatoms. The summed E-state index contributed by atoms with van der Waals surface area (Å²) in [6.45, 7) is 8.51. The van der Waals surface area contributed by atoms with Gasteiger partial charge in [0.1, 0.15) is 0 Å². The number of unbranched alkanes of at least 4 members (excludes halogenated alkanes) is 1. The van der Waals surface area contributed by atoms with Gasteiger partial charge in [-0.05, 0) is 26.7 Å². The second kappa shape index (κ2) is 6.24. The summed E-state index contributed by atoms with van der Waals surface area (Å²) in [6.07, 6.45) is 5.98. The molecule has 0 bridgehead atoms. The van der Waals surface area contributed by atoms with Crippen LogP contribution < -0.4 is 5.32 Å². The maximum absolute atomic E-state index is 12.1. The Balaban J connectivity index is 2.61. The van der Waals surface area contributed by atoms with Gasteiger partial charge in [-0.1, -0.05) is 33.1 Å². The highest BCUT2D eigenvalue weighted by Gasteiger charge is 2.37. The van der Waals surface area contributed by atoms with Crippen LogP contribution in [0.5, 0.6) is 0 Å². The zero-order valence-electron chi connectivity index (χ0n) is 11.1. The zero-order valence-corrected chi connectivity index (χ0v) is 11.1. The maximum atomic E-state index is 12.1. The zero-order chi connectivity index (χ0) is 12.1. The van der Waals surface area contributed by atoms with Crippen LogP contribution >= 0.6 is 0 Å². The average Bonchev–Trinajstić information content (AvgIpc) is 2.52. The molecule has 3 atom stereocenters. The third kappa shape index (κ3) is 2.97. The van der Waals surface area contributed by atoms with Crippen LogP contribution in [0, 0.1) is 0 Å². The fraction of sp³-hybridized carbons (Fsp3) is 0.923. The van der Waals surface area contributed by atoms with Crippen LogP contribution in [0.15, 0.2) is 0 Å². The number of carbonyl (C=O) groups excluding carboxylic acids is 1. The number of hydrogen-bond donors (Lipinski definition) is 1. The third-order valence-electron chi connectivity index (χ3n) is 3.42. The van der Waals surface area contributed by atoms with E-state index in [-0.39, 0.29) is 18.1 Å². The second-order valence-electron chi connectivity index (χ2n) is 4.93. The summed E-state index contributed by atoms with van der Waals surface area (Å²) in [5.74, 6) is 0.280. The molecule has 1 N–H and O–H groups in total. The Kier molecular flexibility index (Phi) is 5.26. The molecule has 1 aliphatic rings. The van der Waals surface area contributed by atoms with E-state index in [1.54, 1.807) is 0 Å². The van der Waals surface area contributed by atoms with E-state index in [1.165, 1.54) is 12.8 Å². The lowest BCUT2D eigenvalue weighted by Gasteiger charge is -2.30. The van der Waals surface area contributed by atoms with Gasteiger partial charge in [-0.15, -0.1) is 0 Å². The quantitative estimate of drug-likeness (QED) is 0.754. The standard InChI is InChI=1S/C13H26N2O/c1-5-7-9-10(3)15-12(8-6-2)14-11(4)13(15)16/h10-12,14H,5-9H2,1-4H3.